The Labute approximate surface area is 89.8 Å². The van der Waals surface area contributed by atoms with Crippen LogP contribution in [-0.2, 0) is 14.6 Å². The Bertz CT molecular complexity index is 325. The van der Waals surface area contributed by atoms with Gasteiger partial charge in [0.05, 0.1) is 6.10 Å². The van der Waals surface area contributed by atoms with E-state index in [9.17, 15) is 18.3 Å². The van der Waals surface area contributed by atoms with Crippen LogP contribution in [0.3, 0.4) is 0 Å². The van der Waals surface area contributed by atoms with Crippen molar-refractivity contribution in [3.8, 4) is 0 Å². The fraction of sp³-hybridized carbons (Fsp3) is 0.889. The van der Waals surface area contributed by atoms with Crippen LogP contribution in [0.2, 0.25) is 0 Å². The third kappa shape index (κ3) is 4.61. The molecule has 0 aromatic carbocycles. The summed E-state index contributed by atoms with van der Waals surface area (Å²) in [6, 6.07) is 0. The molecule has 5 nitrogen and oxygen atoms in total. The number of sulfone groups is 1. The number of carbonyl (C=O) groups excluding carboxylic acids is 1. The Hall–Kier alpha value is -0.620. The third-order valence-corrected chi connectivity index (χ3v) is 3.36. The minimum absolute atomic E-state index is 0.0773. The second-order valence-corrected chi connectivity index (χ2v) is 6.27. The largest absolute Gasteiger partial charge is 0.393 e. The fourth-order valence-electron chi connectivity index (χ4n) is 1.79. The van der Waals surface area contributed by atoms with Gasteiger partial charge in [0.25, 0.3) is 0 Å². The lowest BCUT2D eigenvalue weighted by Crippen LogP contribution is -2.35. The summed E-state index contributed by atoms with van der Waals surface area (Å²) < 4.78 is 21.6. The Morgan fingerprint density at radius 2 is 2.13 bits per heavy atom. The maximum atomic E-state index is 11.2. The number of aliphatic hydroxyl groups excluding tert-OH is 1. The van der Waals surface area contributed by atoms with Gasteiger partial charge in [-0.2, -0.15) is 0 Å². The van der Waals surface area contributed by atoms with Crippen molar-refractivity contribution in [1.29, 1.82) is 0 Å². The predicted molar refractivity (Wildman–Crippen MR) is 56.1 cm³/mol. The van der Waals surface area contributed by atoms with Crippen LogP contribution in [0.1, 0.15) is 19.3 Å². The zero-order valence-corrected chi connectivity index (χ0v) is 9.59. The molecule has 1 amide bonds. The van der Waals surface area contributed by atoms with Crippen LogP contribution in [0.4, 0.5) is 0 Å². The summed E-state index contributed by atoms with van der Waals surface area (Å²) in [6.45, 7) is 0.371. The third-order valence-electron chi connectivity index (χ3n) is 2.57. The standard InChI is InChI=1S/C9H17NO4S/c1-15(13,14)6-9(12)10-5-7-3-2-4-8(7)11/h7-8,11H,2-6H2,1H3,(H,10,12). The molecule has 0 bridgehead atoms. The Morgan fingerprint density at radius 1 is 1.47 bits per heavy atom. The summed E-state index contributed by atoms with van der Waals surface area (Å²) in [5, 5.41) is 12.0. The second kappa shape index (κ2) is 4.94. The molecular weight excluding hydrogens is 218 g/mol. The topological polar surface area (TPSA) is 83.5 Å². The van der Waals surface area contributed by atoms with Gasteiger partial charge in [0.15, 0.2) is 9.84 Å². The van der Waals surface area contributed by atoms with Crippen LogP contribution >= 0.6 is 0 Å². The summed E-state index contributed by atoms with van der Waals surface area (Å²) in [5.74, 6) is -0.888. The number of aliphatic hydroxyl groups is 1. The molecule has 1 rings (SSSR count). The molecule has 2 unspecified atom stereocenters. The first-order valence-corrected chi connectivity index (χ1v) is 7.07. The van der Waals surface area contributed by atoms with E-state index in [1.807, 2.05) is 0 Å². The number of carbonyl (C=O) groups is 1. The van der Waals surface area contributed by atoms with Crippen LogP contribution in [0.15, 0.2) is 0 Å². The van der Waals surface area contributed by atoms with Crippen LogP contribution in [0.5, 0.6) is 0 Å². The predicted octanol–water partition coefficient (Wildman–Crippen LogP) is -0.692. The van der Waals surface area contributed by atoms with E-state index in [-0.39, 0.29) is 12.0 Å². The quantitative estimate of drug-likeness (QED) is 0.675. The molecule has 1 aliphatic rings. The molecule has 2 N–H and O–H groups in total. The maximum absolute atomic E-state index is 11.2. The number of nitrogens with one attached hydrogen (secondary N) is 1. The summed E-state index contributed by atoms with van der Waals surface area (Å²) in [4.78, 5) is 11.2. The van der Waals surface area contributed by atoms with Gasteiger partial charge < -0.3 is 10.4 Å². The fourth-order valence-corrected chi connectivity index (χ4v) is 2.37. The van der Waals surface area contributed by atoms with E-state index < -0.39 is 21.5 Å². The zero-order valence-electron chi connectivity index (χ0n) is 8.77. The number of hydrogen-bond donors (Lipinski definition) is 2. The van der Waals surface area contributed by atoms with Crippen LogP contribution < -0.4 is 5.32 Å². The highest BCUT2D eigenvalue weighted by atomic mass is 32.2. The first kappa shape index (κ1) is 12.4. The molecule has 15 heavy (non-hydrogen) atoms. The highest BCUT2D eigenvalue weighted by Gasteiger charge is 2.25. The first-order chi connectivity index (χ1) is 6.88. The van der Waals surface area contributed by atoms with E-state index in [4.69, 9.17) is 0 Å². The minimum atomic E-state index is -3.26. The van der Waals surface area contributed by atoms with Gasteiger partial charge in [0.1, 0.15) is 5.75 Å². The Morgan fingerprint density at radius 3 is 2.60 bits per heavy atom. The van der Waals surface area contributed by atoms with Crippen LogP contribution in [-0.4, -0.2) is 44.1 Å². The molecule has 88 valence electrons. The number of amides is 1. The van der Waals surface area contributed by atoms with E-state index in [1.165, 1.54) is 0 Å². The van der Waals surface area contributed by atoms with Crippen molar-refractivity contribution in [2.45, 2.75) is 25.4 Å². The van der Waals surface area contributed by atoms with Crippen LogP contribution in [0.25, 0.3) is 0 Å². The first-order valence-electron chi connectivity index (χ1n) is 5.01. The lowest BCUT2D eigenvalue weighted by Gasteiger charge is -2.14. The molecule has 1 aliphatic carbocycles. The van der Waals surface area contributed by atoms with Crippen molar-refractivity contribution in [3.63, 3.8) is 0 Å². The lowest BCUT2D eigenvalue weighted by atomic mass is 10.1. The molecule has 0 aromatic heterocycles. The van der Waals surface area contributed by atoms with Crippen molar-refractivity contribution in [2.24, 2.45) is 5.92 Å². The van der Waals surface area contributed by atoms with Crippen molar-refractivity contribution < 1.29 is 18.3 Å². The Balaban J connectivity index is 2.28. The van der Waals surface area contributed by atoms with Gasteiger partial charge in [-0.05, 0) is 12.8 Å². The van der Waals surface area contributed by atoms with Crippen molar-refractivity contribution in [3.05, 3.63) is 0 Å². The lowest BCUT2D eigenvalue weighted by molar-refractivity contribution is -0.118. The average Bonchev–Trinajstić information content (AvgIpc) is 2.44. The molecule has 0 spiro atoms. The number of hydrogen-bond acceptors (Lipinski definition) is 4. The monoisotopic (exact) mass is 235 g/mol. The molecular formula is C9H17NO4S. The maximum Gasteiger partial charge on any atom is 0.235 e. The molecule has 1 saturated carbocycles. The van der Waals surface area contributed by atoms with E-state index in [0.717, 1.165) is 25.5 Å². The van der Waals surface area contributed by atoms with Crippen molar-refractivity contribution >= 4 is 15.7 Å². The highest BCUT2D eigenvalue weighted by Crippen LogP contribution is 2.24. The Kier molecular flexibility index (Phi) is 4.10. The average molecular weight is 235 g/mol. The normalized spacial score (nSPS) is 26.5. The zero-order chi connectivity index (χ0) is 11.5. The van der Waals surface area contributed by atoms with Gasteiger partial charge in [-0.1, -0.05) is 6.42 Å². The molecule has 2 atom stereocenters. The van der Waals surface area contributed by atoms with Gasteiger partial charge in [-0.15, -0.1) is 0 Å². The summed E-state index contributed by atoms with van der Waals surface area (Å²) in [7, 11) is -3.26. The molecule has 0 heterocycles. The molecule has 0 saturated heterocycles. The minimum Gasteiger partial charge on any atom is -0.393 e. The van der Waals surface area contributed by atoms with Crippen molar-refractivity contribution in [2.75, 3.05) is 18.6 Å². The van der Waals surface area contributed by atoms with Crippen molar-refractivity contribution in [1.82, 2.24) is 5.32 Å². The van der Waals surface area contributed by atoms with Gasteiger partial charge in [-0.25, -0.2) is 8.42 Å². The van der Waals surface area contributed by atoms with E-state index >= 15 is 0 Å². The second-order valence-electron chi connectivity index (χ2n) is 4.13. The van der Waals surface area contributed by atoms with Gasteiger partial charge in [0.2, 0.25) is 5.91 Å². The number of rotatable bonds is 4. The summed E-state index contributed by atoms with van der Waals surface area (Å²) >= 11 is 0. The van der Waals surface area contributed by atoms with Gasteiger partial charge in [0, 0.05) is 18.7 Å². The molecule has 0 aliphatic heterocycles. The molecule has 1 fully saturated rings. The SMILES string of the molecule is CS(=O)(=O)CC(=O)NCC1CCCC1O. The van der Waals surface area contributed by atoms with Gasteiger partial charge in [-0.3, -0.25) is 4.79 Å². The van der Waals surface area contributed by atoms with Gasteiger partial charge >= 0.3 is 0 Å². The smallest absolute Gasteiger partial charge is 0.235 e. The molecule has 0 radical (unpaired) electrons. The molecule has 0 aromatic rings. The van der Waals surface area contributed by atoms with Crippen LogP contribution in [0, 0.1) is 5.92 Å². The summed E-state index contributed by atoms with van der Waals surface area (Å²) in [6.07, 6.45) is 3.29. The highest BCUT2D eigenvalue weighted by molar-refractivity contribution is 7.91. The van der Waals surface area contributed by atoms with E-state index in [1.54, 1.807) is 0 Å². The summed E-state index contributed by atoms with van der Waals surface area (Å²) in [5.41, 5.74) is 0. The molecule has 6 heteroatoms. The van der Waals surface area contributed by atoms with E-state index in [0.29, 0.717) is 6.54 Å². The van der Waals surface area contributed by atoms with E-state index in [2.05, 4.69) is 5.32 Å².